The van der Waals surface area contributed by atoms with E-state index in [-0.39, 0.29) is 0 Å². The zero-order chi connectivity index (χ0) is 14.1. The minimum atomic E-state index is 0.370. The molecule has 1 saturated heterocycles. The van der Waals surface area contributed by atoms with Gasteiger partial charge in [-0.1, -0.05) is 18.2 Å². The van der Waals surface area contributed by atoms with Crippen LogP contribution in [-0.2, 0) is 0 Å². The maximum Gasteiger partial charge on any atom is 0.119 e. The number of likely N-dealkylation sites (tertiary alicyclic amines) is 1. The topological polar surface area (TPSA) is 15.7 Å². The fraction of sp³-hybridized carbons (Fsp3) is 0.647. The molecule has 2 unspecified atom stereocenters. The molecule has 0 aromatic heterocycles. The summed E-state index contributed by atoms with van der Waals surface area (Å²) in [5.41, 5.74) is 0. The average molecular weight is 274 g/mol. The van der Waals surface area contributed by atoms with Crippen LogP contribution >= 0.6 is 0 Å². The van der Waals surface area contributed by atoms with Gasteiger partial charge < -0.3 is 14.5 Å². The molecule has 3 rings (SSSR count). The molecule has 1 aromatic rings. The molecule has 110 valence electrons. The van der Waals surface area contributed by atoms with Gasteiger partial charge in [-0.15, -0.1) is 0 Å². The summed E-state index contributed by atoms with van der Waals surface area (Å²) in [6, 6.07) is 11.0. The quantitative estimate of drug-likeness (QED) is 0.841. The highest BCUT2D eigenvalue weighted by atomic mass is 16.5. The monoisotopic (exact) mass is 274 g/mol. The van der Waals surface area contributed by atoms with Crippen LogP contribution in [0.15, 0.2) is 30.3 Å². The molecule has 1 aliphatic heterocycles. The molecule has 1 saturated carbocycles. The van der Waals surface area contributed by atoms with Crippen molar-refractivity contribution < 1.29 is 4.74 Å². The van der Waals surface area contributed by atoms with Gasteiger partial charge in [-0.05, 0) is 46.1 Å². The Morgan fingerprint density at radius 3 is 2.55 bits per heavy atom. The van der Waals surface area contributed by atoms with E-state index in [0.29, 0.717) is 24.0 Å². The summed E-state index contributed by atoms with van der Waals surface area (Å²) < 4.78 is 6.40. The van der Waals surface area contributed by atoms with Gasteiger partial charge in [0.15, 0.2) is 0 Å². The van der Waals surface area contributed by atoms with E-state index in [1.165, 1.54) is 19.4 Å². The summed E-state index contributed by atoms with van der Waals surface area (Å²) in [7, 11) is 6.66. The van der Waals surface area contributed by atoms with Crippen molar-refractivity contribution in [2.24, 2.45) is 11.8 Å². The standard InChI is InChI=1S/C17H26N2O/c1-18(2)16-10-9-13-11-19(3)12-15(16)17(13)20-14-7-5-4-6-8-14/h4-8,13,15-17H,9-12H2,1-3H3/t13?,15?,16-,17+/m0/s1. The van der Waals surface area contributed by atoms with E-state index in [1.807, 2.05) is 6.07 Å². The molecule has 0 spiro atoms. The van der Waals surface area contributed by atoms with E-state index in [9.17, 15) is 0 Å². The van der Waals surface area contributed by atoms with Crippen molar-refractivity contribution >= 4 is 0 Å². The predicted octanol–water partition coefficient (Wildman–Crippen LogP) is 2.34. The molecule has 1 aromatic carbocycles. The molecule has 2 fully saturated rings. The van der Waals surface area contributed by atoms with Crippen LogP contribution in [-0.4, -0.2) is 56.2 Å². The zero-order valence-electron chi connectivity index (χ0n) is 12.8. The molecule has 3 nitrogen and oxygen atoms in total. The van der Waals surface area contributed by atoms with Crippen LogP contribution in [0.5, 0.6) is 5.75 Å². The van der Waals surface area contributed by atoms with Gasteiger partial charge in [0, 0.05) is 31.0 Å². The second-order valence-corrected chi connectivity index (χ2v) is 6.65. The van der Waals surface area contributed by atoms with Gasteiger partial charge in [-0.2, -0.15) is 0 Å². The van der Waals surface area contributed by atoms with Crippen LogP contribution in [0.3, 0.4) is 0 Å². The third kappa shape index (κ3) is 2.70. The van der Waals surface area contributed by atoms with Crippen LogP contribution in [0.4, 0.5) is 0 Å². The van der Waals surface area contributed by atoms with E-state index < -0.39 is 0 Å². The lowest BCUT2D eigenvalue weighted by Crippen LogP contribution is -2.60. The van der Waals surface area contributed by atoms with Gasteiger partial charge in [0.25, 0.3) is 0 Å². The summed E-state index contributed by atoms with van der Waals surface area (Å²) in [5, 5.41) is 0. The highest BCUT2D eigenvalue weighted by Crippen LogP contribution is 2.38. The normalized spacial score (nSPS) is 34.2. The van der Waals surface area contributed by atoms with Crippen LogP contribution < -0.4 is 4.74 Å². The molecular formula is C17H26N2O. The summed E-state index contributed by atoms with van der Waals surface area (Å²) in [6.45, 7) is 2.32. The number of para-hydroxylation sites is 1. The van der Waals surface area contributed by atoms with Crippen molar-refractivity contribution in [2.45, 2.75) is 25.0 Å². The third-order valence-corrected chi connectivity index (χ3v) is 4.96. The predicted molar refractivity (Wildman–Crippen MR) is 82.0 cm³/mol. The van der Waals surface area contributed by atoms with Crippen molar-refractivity contribution in [3.8, 4) is 5.75 Å². The van der Waals surface area contributed by atoms with Crippen LogP contribution in [0.2, 0.25) is 0 Å². The first-order valence-electron chi connectivity index (χ1n) is 7.72. The largest absolute Gasteiger partial charge is 0.490 e. The fourth-order valence-corrected chi connectivity index (χ4v) is 4.07. The smallest absolute Gasteiger partial charge is 0.119 e. The Kier molecular flexibility index (Phi) is 3.99. The number of piperidine rings is 1. The van der Waals surface area contributed by atoms with E-state index >= 15 is 0 Å². The Bertz CT molecular complexity index is 434. The van der Waals surface area contributed by atoms with Crippen LogP contribution in [0, 0.1) is 11.8 Å². The Labute approximate surface area is 122 Å². The lowest BCUT2D eigenvalue weighted by atomic mass is 9.72. The number of hydrogen-bond acceptors (Lipinski definition) is 3. The minimum Gasteiger partial charge on any atom is -0.490 e. The first-order valence-corrected chi connectivity index (χ1v) is 7.72. The van der Waals surface area contributed by atoms with Gasteiger partial charge >= 0.3 is 0 Å². The summed E-state index contributed by atoms with van der Waals surface area (Å²) >= 11 is 0. The molecule has 0 amide bonds. The molecule has 1 aliphatic carbocycles. The SMILES string of the molecule is CN1CC2CC[C@H](N(C)C)C(C1)[C@@H]2Oc1ccccc1. The second-order valence-electron chi connectivity index (χ2n) is 6.65. The van der Waals surface area contributed by atoms with E-state index in [1.54, 1.807) is 0 Å². The molecule has 3 heteroatoms. The molecular weight excluding hydrogens is 248 g/mol. The van der Waals surface area contributed by atoms with Crippen LogP contribution in [0.1, 0.15) is 12.8 Å². The van der Waals surface area contributed by atoms with Crippen molar-refractivity contribution in [1.82, 2.24) is 9.80 Å². The molecule has 20 heavy (non-hydrogen) atoms. The van der Waals surface area contributed by atoms with Crippen molar-refractivity contribution in [1.29, 1.82) is 0 Å². The average Bonchev–Trinajstić information content (AvgIpc) is 2.41. The highest BCUT2D eigenvalue weighted by molar-refractivity contribution is 5.22. The lowest BCUT2D eigenvalue weighted by molar-refractivity contribution is -0.0622. The summed E-state index contributed by atoms with van der Waals surface area (Å²) in [6.07, 6.45) is 2.96. The number of nitrogens with zero attached hydrogens (tertiary/aromatic N) is 2. The molecule has 0 radical (unpaired) electrons. The zero-order valence-corrected chi connectivity index (χ0v) is 12.8. The maximum absolute atomic E-state index is 6.40. The van der Waals surface area contributed by atoms with Gasteiger partial charge in [0.1, 0.15) is 11.9 Å². The molecule has 0 N–H and O–H groups in total. The van der Waals surface area contributed by atoms with Crippen molar-refractivity contribution in [2.75, 3.05) is 34.2 Å². The van der Waals surface area contributed by atoms with E-state index in [2.05, 4.69) is 55.2 Å². The van der Waals surface area contributed by atoms with E-state index in [0.717, 1.165) is 12.3 Å². The van der Waals surface area contributed by atoms with Gasteiger partial charge in [0.2, 0.25) is 0 Å². The van der Waals surface area contributed by atoms with Crippen molar-refractivity contribution in [3.05, 3.63) is 30.3 Å². The van der Waals surface area contributed by atoms with Gasteiger partial charge in [-0.3, -0.25) is 0 Å². The number of benzene rings is 1. The Hall–Kier alpha value is -1.06. The molecule has 4 atom stereocenters. The summed E-state index contributed by atoms with van der Waals surface area (Å²) in [4.78, 5) is 4.87. The second kappa shape index (κ2) is 5.74. The molecule has 2 aliphatic rings. The molecule has 2 bridgehead atoms. The lowest BCUT2D eigenvalue weighted by Gasteiger charge is -2.51. The van der Waals surface area contributed by atoms with Gasteiger partial charge in [0.05, 0.1) is 0 Å². The number of ether oxygens (including phenoxy) is 1. The highest BCUT2D eigenvalue weighted by Gasteiger charge is 2.45. The Morgan fingerprint density at radius 1 is 1.10 bits per heavy atom. The summed E-state index contributed by atoms with van der Waals surface area (Å²) in [5.74, 6) is 2.31. The Balaban J connectivity index is 1.81. The van der Waals surface area contributed by atoms with Gasteiger partial charge in [-0.25, -0.2) is 0 Å². The number of rotatable bonds is 3. The fourth-order valence-electron chi connectivity index (χ4n) is 4.07. The molecule has 1 heterocycles. The Morgan fingerprint density at radius 2 is 1.85 bits per heavy atom. The minimum absolute atomic E-state index is 0.370. The van der Waals surface area contributed by atoms with Crippen LogP contribution in [0.25, 0.3) is 0 Å². The first-order chi connectivity index (χ1) is 9.65. The third-order valence-electron chi connectivity index (χ3n) is 4.96. The number of hydrogen-bond donors (Lipinski definition) is 0. The maximum atomic E-state index is 6.40. The first kappa shape index (κ1) is 13.9. The van der Waals surface area contributed by atoms with Crippen molar-refractivity contribution in [3.63, 3.8) is 0 Å². The van der Waals surface area contributed by atoms with E-state index in [4.69, 9.17) is 4.74 Å². The number of fused-ring (bicyclic) bond motifs is 2.